The van der Waals surface area contributed by atoms with E-state index in [2.05, 4.69) is 15.4 Å². The van der Waals surface area contributed by atoms with Gasteiger partial charge in [0.2, 0.25) is 5.91 Å². The number of fused-ring (bicyclic) bond motifs is 1. The van der Waals surface area contributed by atoms with Crippen molar-refractivity contribution in [1.82, 2.24) is 14.8 Å². The molecule has 0 saturated heterocycles. The monoisotopic (exact) mass is 395 g/mol. The number of esters is 1. The maximum Gasteiger partial charge on any atom is 0.339 e. The second kappa shape index (κ2) is 7.70. The SMILES string of the molecule is Cc1cc(C(=O)OC(C)C(=O)Nc2ccc(C(N)=O)cc2)c2c(C)nn(C)c2n1. The van der Waals surface area contributed by atoms with Crippen LogP contribution in [0, 0.1) is 13.8 Å². The predicted octanol–water partition coefficient (Wildman–Crippen LogP) is 1.87. The van der Waals surface area contributed by atoms with Crippen molar-refractivity contribution in [2.45, 2.75) is 26.9 Å². The topological polar surface area (TPSA) is 129 Å². The van der Waals surface area contributed by atoms with Crippen LogP contribution in [0.4, 0.5) is 5.69 Å². The molecule has 150 valence electrons. The molecule has 3 N–H and O–H groups in total. The molecular weight excluding hydrogens is 374 g/mol. The van der Waals surface area contributed by atoms with Gasteiger partial charge in [0.1, 0.15) is 0 Å². The van der Waals surface area contributed by atoms with Crippen LogP contribution in [0.5, 0.6) is 0 Å². The Morgan fingerprint density at radius 2 is 1.83 bits per heavy atom. The van der Waals surface area contributed by atoms with Crippen LogP contribution in [0.2, 0.25) is 0 Å². The highest BCUT2D eigenvalue weighted by molar-refractivity contribution is 6.05. The summed E-state index contributed by atoms with van der Waals surface area (Å²) in [5.74, 6) is -1.70. The summed E-state index contributed by atoms with van der Waals surface area (Å²) in [6.07, 6.45) is -1.04. The van der Waals surface area contributed by atoms with Crippen molar-refractivity contribution in [3.63, 3.8) is 0 Å². The lowest BCUT2D eigenvalue weighted by molar-refractivity contribution is -0.123. The Balaban J connectivity index is 1.76. The third-order valence-electron chi connectivity index (χ3n) is 4.41. The average Bonchev–Trinajstić information content (AvgIpc) is 2.95. The van der Waals surface area contributed by atoms with Crippen molar-refractivity contribution in [1.29, 1.82) is 0 Å². The van der Waals surface area contributed by atoms with Crippen LogP contribution < -0.4 is 11.1 Å². The van der Waals surface area contributed by atoms with Gasteiger partial charge in [0.05, 0.1) is 16.6 Å². The number of carbonyl (C=O) groups is 3. The Hall–Kier alpha value is -3.75. The molecule has 0 aliphatic carbocycles. The molecule has 9 heteroatoms. The number of hydrogen-bond acceptors (Lipinski definition) is 6. The van der Waals surface area contributed by atoms with Crippen molar-refractivity contribution in [2.75, 3.05) is 5.32 Å². The Bertz CT molecular complexity index is 1120. The van der Waals surface area contributed by atoms with E-state index in [1.165, 1.54) is 19.1 Å². The Morgan fingerprint density at radius 3 is 2.45 bits per heavy atom. The quantitative estimate of drug-likeness (QED) is 0.635. The molecule has 0 spiro atoms. The summed E-state index contributed by atoms with van der Waals surface area (Å²) in [6, 6.07) is 7.70. The predicted molar refractivity (Wildman–Crippen MR) is 106 cm³/mol. The number of anilines is 1. The molecule has 3 rings (SSSR count). The number of nitrogens with two attached hydrogens (primary N) is 1. The van der Waals surface area contributed by atoms with E-state index in [1.807, 2.05) is 0 Å². The summed E-state index contributed by atoms with van der Waals surface area (Å²) in [5.41, 5.74) is 8.13. The standard InChI is InChI=1S/C20H21N5O4/c1-10-9-15(16-11(2)24-25(4)18(16)22-10)20(28)29-12(3)19(27)23-14-7-5-13(6-8-14)17(21)26/h5-9,12H,1-4H3,(H2,21,26)(H,23,27). The first kappa shape index (κ1) is 20.0. The van der Waals surface area contributed by atoms with Crippen LogP contribution in [0.3, 0.4) is 0 Å². The lowest BCUT2D eigenvalue weighted by atomic mass is 10.1. The number of nitrogens with zero attached hydrogens (tertiary/aromatic N) is 3. The number of nitrogens with one attached hydrogen (secondary N) is 1. The first-order valence-corrected chi connectivity index (χ1v) is 8.90. The first-order chi connectivity index (χ1) is 13.7. The van der Waals surface area contributed by atoms with Gasteiger partial charge in [0.25, 0.3) is 5.91 Å². The molecule has 0 aliphatic rings. The molecule has 2 aromatic heterocycles. The van der Waals surface area contributed by atoms with Crippen molar-refractivity contribution in [3.8, 4) is 0 Å². The van der Waals surface area contributed by atoms with E-state index in [-0.39, 0.29) is 0 Å². The fourth-order valence-corrected chi connectivity index (χ4v) is 2.97. The summed E-state index contributed by atoms with van der Waals surface area (Å²) in [6.45, 7) is 5.03. The maximum absolute atomic E-state index is 12.7. The Labute approximate surface area is 166 Å². The highest BCUT2D eigenvalue weighted by atomic mass is 16.5. The van der Waals surface area contributed by atoms with Crippen LogP contribution in [-0.4, -0.2) is 38.7 Å². The Kier molecular flexibility index (Phi) is 5.31. The minimum absolute atomic E-state index is 0.309. The summed E-state index contributed by atoms with van der Waals surface area (Å²) in [7, 11) is 1.75. The number of aromatic nitrogens is 3. The van der Waals surface area contributed by atoms with Gasteiger partial charge in [-0.15, -0.1) is 0 Å². The highest BCUT2D eigenvalue weighted by Gasteiger charge is 2.23. The molecule has 3 aromatic rings. The zero-order valence-corrected chi connectivity index (χ0v) is 16.5. The van der Waals surface area contributed by atoms with Crippen molar-refractivity contribution >= 4 is 34.5 Å². The minimum Gasteiger partial charge on any atom is -0.449 e. The van der Waals surface area contributed by atoms with Gasteiger partial charge < -0.3 is 15.8 Å². The van der Waals surface area contributed by atoms with Gasteiger partial charge in [-0.2, -0.15) is 5.10 Å². The van der Waals surface area contributed by atoms with Gasteiger partial charge in [0.15, 0.2) is 11.8 Å². The number of amides is 2. The van der Waals surface area contributed by atoms with Gasteiger partial charge in [-0.05, 0) is 51.1 Å². The van der Waals surface area contributed by atoms with E-state index < -0.39 is 23.9 Å². The van der Waals surface area contributed by atoms with Crippen molar-refractivity contribution in [3.05, 3.63) is 52.8 Å². The van der Waals surface area contributed by atoms with Crippen molar-refractivity contribution < 1.29 is 19.1 Å². The van der Waals surface area contributed by atoms with Crippen LogP contribution in [0.1, 0.15) is 39.0 Å². The van der Waals surface area contributed by atoms with Gasteiger partial charge in [-0.3, -0.25) is 14.3 Å². The van der Waals surface area contributed by atoms with Crippen LogP contribution in [0.25, 0.3) is 11.0 Å². The summed E-state index contributed by atoms with van der Waals surface area (Å²) in [5, 5.41) is 7.52. The van der Waals surface area contributed by atoms with E-state index in [4.69, 9.17) is 10.5 Å². The lowest BCUT2D eigenvalue weighted by Gasteiger charge is -2.14. The normalized spacial score (nSPS) is 11.9. The van der Waals surface area contributed by atoms with Crippen molar-refractivity contribution in [2.24, 2.45) is 12.8 Å². The van der Waals surface area contributed by atoms with E-state index >= 15 is 0 Å². The van der Waals surface area contributed by atoms with Gasteiger partial charge >= 0.3 is 5.97 Å². The number of primary amides is 1. The largest absolute Gasteiger partial charge is 0.449 e. The number of pyridine rings is 1. The molecule has 0 radical (unpaired) electrons. The molecular formula is C20H21N5O4. The molecule has 0 fully saturated rings. The third-order valence-corrected chi connectivity index (χ3v) is 4.41. The van der Waals surface area contributed by atoms with Crippen LogP contribution in [0.15, 0.2) is 30.3 Å². The van der Waals surface area contributed by atoms with E-state index in [1.54, 1.807) is 43.8 Å². The zero-order chi connectivity index (χ0) is 21.3. The molecule has 2 heterocycles. The van der Waals surface area contributed by atoms with E-state index in [0.29, 0.717) is 39.2 Å². The zero-order valence-electron chi connectivity index (χ0n) is 16.5. The number of rotatable bonds is 5. The fraction of sp³-hybridized carbons (Fsp3) is 0.250. The van der Waals surface area contributed by atoms with Crippen LogP contribution >= 0.6 is 0 Å². The van der Waals surface area contributed by atoms with Crippen LogP contribution in [-0.2, 0) is 16.6 Å². The number of hydrogen-bond donors (Lipinski definition) is 2. The first-order valence-electron chi connectivity index (χ1n) is 8.90. The molecule has 1 aromatic carbocycles. The molecule has 0 bridgehead atoms. The van der Waals surface area contributed by atoms with Gasteiger partial charge in [0, 0.05) is 24.0 Å². The smallest absolute Gasteiger partial charge is 0.339 e. The average molecular weight is 395 g/mol. The third kappa shape index (κ3) is 4.08. The van der Waals surface area contributed by atoms with E-state index in [0.717, 1.165) is 0 Å². The molecule has 0 aliphatic heterocycles. The molecule has 9 nitrogen and oxygen atoms in total. The number of ether oxygens (including phenoxy) is 1. The number of benzene rings is 1. The maximum atomic E-state index is 12.7. The fourth-order valence-electron chi connectivity index (χ4n) is 2.97. The molecule has 0 saturated carbocycles. The molecule has 1 atom stereocenters. The van der Waals surface area contributed by atoms with Gasteiger partial charge in [-0.25, -0.2) is 9.78 Å². The Morgan fingerprint density at radius 1 is 1.17 bits per heavy atom. The molecule has 2 amide bonds. The van der Waals surface area contributed by atoms with Gasteiger partial charge in [-0.1, -0.05) is 0 Å². The second-order valence-electron chi connectivity index (χ2n) is 6.70. The number of carbonyl (C=O) groups excluding carboxylic acids is 3. The highest BCUT2D eigenvalue weighted by Crippen LogP contribution is 2.23. The van der Waals surface area contributed by atoms with E-state index in [9.17, 15) is 14.4 Å². The second-order valence-corrected chi connectivity index (χ2v) is 6.70. The molecule has 1 unspecified atom stereocenters. The summed E-state index contributed by atoms with van der Waals surface area (Å²) < 4.78 is 6.97. The molecule has 29 heavy (non-hydrogen) atoms. The number of aryl methyl sites for hydroxylation is 3. The lowest BCUT2D eigenvalue weighted by Crippen LogP contribution is -2.30. The minimum atomic E-state index is -1.04. The summed E-state index contributed by atoms with van der Waals surface area (Å²) in [4.78, 5) is 40.6. The summed E-state index contributed by atoms with van der Waals surface area (Å²) >= 11 is 0.